The summed E-state index contributed by atoms with van der Waals surface area (Å²) in [6, 6.07) is 19.7. The molecule has 1 aromatic heterocycles. The minimum absolute atomic E-state index is 0.0538. The average molecular weight is 319 g/mol. The summed E-state index contributed by atoms with van der Waals surface area (Å²) < 4.78 is 8.44. The molecule has 0 aliphatic rings. The van der Waals surface area contributed by atoms with Crippen LogP contribution in [0.2, 0.25) is 0 Å². The van der Waals surface area contributed by atoms with Crippen LogP contribution in [0.25, 0.3) is 21.8 Å². The van der Waals surface area contributed by atoms with Crippen LogP contribution in [-0.4, -0.2) is 14.7 Å². The molecule has 0 aliphatic heterocycles. The number of nitrogens with one attached hydrogen (secondary N) is 1. The lowest BCUT2D eigenvalue weighted by atomic mass is 10.0. The summed E-state index contributed by atoms with van der Waals surface area (Å²) >= 11 is 1.15. The van der Waals surface area contributed by atoms with Gasteiger partial charge in [-0.2, -0.15) is 8.75 Å². The van der Waals surface area contributed by atoms with E-state index in [-0.39, 0.29) is 5.91 Å². The molecule has 112 valence electrons. The van der Waals surface area contributed by atoms with Crippen molar-refractivity contribution in [1.29, 1.82) is 0 Å². The Hall–Kier alpha value is -2.79. The highest BCUT2D eigenvalue weighted by molar-refractivity contribution is 7.00. The first kappa shape index (κ1) is 13.8. The molecule has 0 spiro atoms. The third-order valence-corrected chi connectivity index (χ3v) is 4.33. The van der Waals surface area contributed by atoms with Gasteiger partial charge in [-0.15, -0.1) is 0 Å². The number of hydrogen-bond acceptors (Lipinski definition) is 4. The van der Waals surface area contributed by atoms with Gasteiger partial charge in [-0.1, -0.05) is 48.5 Å². The van der Waals surface area contributed by atoms with Gasteiger partial charge in [0.2, 0.25) is 5.91 Å². The molecule has 4 nitrogen and oxygen atoms in total. The lowest BCUT2D eigenvalue weighted by molar-refractivity contribution is -0.115. The van der Waals surface area contributed by atoms with Crippen LogP contribution in [0.5, 0.6) is 0 Å². The Kier molecular flexibility index (Phi) is 3.48. The molecule has 0 saturated carbocycles. The molecular formula is C18H13N3OS. The lowest BCUT2D eigenvalue weighted by Crippen LogP contribution is -2.14. The molecule has 0 unspecified atom stereocenters. The average Bonchev–Trinajstić information content (AvgIpc) is 3.05. The zero-order chi connectivity index (χ0) is 15.6. The molecule has 3 aromatic carbocycles. The summed E-state index contributed by atoms with van der Waals surface area (Å²) in [4.78, 5) is 12.4. The van der Waals surface area contributed by atoms with Gasteiger partial charge in [-0.25, -0.2) is 0 Å². The summed E-state index contributed by atoms with van der Waals surface area (Å²) in [5.41, 5.74) is 3.27. The van der Waals surface area contributed by atoms with E-state index >= 15 is 0 Å². The maximum atomic E-state index is 12.4. The van der Waals surface area contributed by atoms with Crippen molar-refractivity contribution in [2.24, 2.45) is 0 Å². The molecule has 1 amide bonds. The molecule has 1 heterocycles. The summed E-state index contributed by atoms with van der Waals surface area (Å²) in [7, 11) is 0. The summed E-state index contributed by atoms with van der Waals surface area (Å²) in [6.07, 6.45) is 0.329. The third kappa shape index (κ3) is 2.66. The molecule has 4 rings (SSSR count). The Balaban J connectivity index is 1.61. The second kappa shape index (κ2) is 5.78. The quantitative estimate of drug-likeness (QED) is 0.620. The van der Waals surface area contributed by atoms with Gasteiger partial charge in [0.15, 0.2) is 0 Å². The highest BCUT2D eigenvalue weighted by Gasteiger charge is 2.10. The van der Waals surface area contributed by atoms with Crippen LogP contribution in [0.15, 0.2) is 60.7 Å². The molecule has 0 bridgehead atoms. The van der Waals surface area contributed by atoms with E-state index in [9.17, 15) is 4.79 Å². The van der Waals surface area contributed by atoms with Crippen molar-refractivity contribution in [2.75, 3.05) is 5.32 Å². The van der Waals surface area contributed by atoms with E-state index in [0.29, 0.717) is 12.1 Å². The second-order valence-electron chi connectivity index (χ2n) is 5.30. The maximum Gasteiger partial charge on any atom is 0.228 e. The number of anilines is 1. The predicted molar refractivity (Wildman–Crippen MR) is 93.7 cm³/mol. The Labute approximate surface area is 137 Å². The third-order valence-electron chi connectivity index (χ3n) is 3.79. The van der Waals surface area contributed by atoms with Crippen molar-refractivity contribution < 1.29 is 4.79 Å². The van der Waals surface area contributed by atoms with Gasteiger partial charge in [0.25, 0.3) is 0 Å². The number of carbonyl (C=O) groups is 1. The summed E-state index contributed by atoms with van der Waals surface area (Å²) in [6.45, 7) is 0. The van der Waals surface area contributed by atoms with Crippen LogP contribution >= 0.6 is 11.7 Å². The Bertz CT molecular complexity index is 1000. The number of amides is 1. The van der Waals surface area contributed by atoms with Crippen LogP contribution in [0.3, 0.4) is 0 Å². The SMILES string of the molecule is O=C(Cc1cccc2ccccc12)Nc1cccc2nsnc12. The van der Waals surface area contributed by atoms with Crippen molar-refractivity contribution in [3.8, 4) is 0 Å². The Morgan fingerprint density at radius 3 is 2.74 bits per heavy atom. The van der Waals surface area contributed by atoms with E-state index in [1.54, 1.807) is 0 Å². The zero-order valence-corrected chi connectivity index (χ0v) is 13.0. The Morgan fingerprint density at radius 2 is 1.78 bits per heavy atom. The van der Waals surface area contributed by atoms with Gasteiger partial charge in [0.1, 0.15) is 11.0 Å². The molecule has 0 saturated heterocycles. The fourth-order valence-electron chi connectivity index (χ4n) is 2.72. The van der Waals surface area contributed by atoms with Crippen molar-refractivity contribution in [2.45, 2.75) is 6.42 Å². The van der Waals surface area contributed by atoms with Gasteiger partial charge in [-0.3, -0.25) is 4.79 Å². The van der Waals surface area contributed by atoms with E-state index in [4.69, 9.17) is 0 Å². The highest BCUT2D eigenvalue weighted by Crippen LogP contribution is 2.22. The highest BCUT2D eigenvalue weighted by atomic mass is 32.1. The van der Waals surface area contributed by atoms with E-state index in [2.05, 4.69) is 26.2 Å². The van der Waals surface area contributed by atoms with Crippen LogP contribution in [0.1, 0.15) is 5.56 Å². The van der Waals surface area contributed by atoms with E-state index in [0.717, 1.165) is 39.1 Å². The first-order chi connectivity index (χ1) is 11.3. The van der Waals surface area contributed by atoms with E-state index in [1.807, 2.05) is 48.5 Å². The monoisotopic (exact) mass is 319 g/mol. The Morgan fingerprint density at radius 1 is 0.957 bits per heavy atom. The summed E-state index contributed by atoms with van der Waals surface area (Å²) in [5.74, 6) is -0.0538. The van der Waals surface area contributed by atoms with Crippen LogP contribution in [0.4, 0.5) is 5.69 Å². The zero-order valence-electron chi connectivity index (χ0n) is 12.2. The first-order valence-corrected chi connectivity index (χ1v) is 8.02. The number of fused-ring (bicyclic) bond motifs is 2. The molecule has 4 aromatic rings. The smallest absolute Gasteiger partial charge is 0.228 e. The largest absolute Gasteiger partial charge is 0.324 e. The number of carbonyl (C=O) groups excluding carboxylic acids is 1. The predicted octanol–water partition coefficient (Wildman–Crippen LogP) is 4.03. The normalized spacial score (nSPS) is 11.0. The van der Waals surface area contributed by atoms with Gasteiger partial charge < -0.3 is 5.32 Å². The molecule has 0 radical (unpaired) electrons. The minimum Gasteiger partial charge on any atom is -0.324 e. The van der Waals surface area contributed by atoms with Gasteiger partial charge in [0.05, 0.1) is 23.8 Å². The molecular weight excluding hydrogens is 306 g/mol. The number of aromatic nitrogens is 2. The molecule has 5 heteroatoms. The van der Waals surface area contributed by atoms with E-state index in [1.165, 1.54) is 0 Å². The molecule has 1 N–H and O–H groups in total. The van der Waals surface area contributed by atoms with Crippen molar-refractivity contribution in [3.05, 3.63) is 66.2 Å². The molecule has 0 atom stereocenters. The van der Waals surface area contributed by atoms with Gasteiger partial charge >= 0.3 is 0 Å². The van der Waals surface area contributed by atoms with Gasteiger partial charge in [0, 0.05) is 0 Å². The van der Waals surface area contributed by atoms with Crippen LogP contribution < -0.4 is 5.32 Å². The van der Waals surface area contributed by atoms with Crippen molar-refractivity contribution in [1.82, 2.24) is 8.75 Å². The molecule has 0 fully saturated rings. The number of hydrogen-bond donors (Lipinski definition) is 1. The summed E-state index contributed by atoms with van der Waals surface area (Å²) in [5, 5.41) is 5.20. The number of nitrogens with zero attached hydrogens (tertiary/aromatic N) is 2. The molecule has 23 heavy (non-hydrogen) atoms. The van der Waals surface area contributed by atoms with E-state index < -0.39 is 0 Å². The van der Waals surface area contributed by atoms with Crippen molar-refractivity contribution in [3.63, 3.8) is 0 Å². The fourth-order valence-corrected chi connectivity index (χ4v) is 3.27. The minimum atomic E-state index is -0.0538. The first-order valence-electron chi connectivity index (χ1n) is 7.29. The topological polar surface area (TPSA) is 54.9 Å². The van der Waals surface area contributed by atoms with Crippen LogP contribution in [-0.2, 0) is 11.2 Å². The number of benzene rings is 3. The van der Waals surface area contributed by atoms with Crippen molar-refractivity contribution >= 4 is 45.1 Å². The van der Waals surface area contributed by atoms with Crippen LogP contribution in [0, 0.1) is 0 Å². The lowest BCUT2D eigenvalue weighted by Gasteiger charge is -2.08. The molecule has 0 aliphatic carbocycles. The fraction of sp³-hybridized carbons (Fsp3) is 0.0556. The second-order valence-corrected chi connectivity index (χ2v) is 5.83. The standard InChI is InChI=1S/C18H13N3OS/c22-17(19-15-9-4-10-16-18(15)21-23-20-16)11-13-7-3-6-12-5-1-2-8-14(12)13/h1-10H,11H2,(H,19,22). The number of rotatable bonds is 3. The maximum absolute atomic E-state index is 12.4. The van der Waals surface area contributed by atoms with Gasteiger partial charge in [-0.05, 0) is 28.5 Å².